The normalized spacial score (nSPS) is 11.6. The molecule has 0 aromatic heterocycles. The highest BCUT2D eigenvalue weighted by atomic mass is 16.5. The van der Waals surface area contributed by atoms with Gasteiger partial charge >= 0.3 is 12.0 Å². The van der Waals surface area contributed by atoms with E-state index in [2.05, 4.69) is 21.9 Å². The Morgan fingerprint density at radius 2 is 2.07 bits per heavy atom. The van der Waals surface area contributed by atoms with Crippen LogP contribution in [0, 0.1) is 0 Å². The van der Waals surface area contributed by atoms with E-state index in [1.54, 1.807) is 6.92 Å². The Labute approximate surface area is 88.3 Å². The molecule has 0 saturated heterocycles. The van der Waals surface area contributed by atoms with Crippen LogP contribution in [0.5, 0.6) is 0 Å². The van der Waals surface area contributed by atoms with Gasteiger partial charge in [0.15, 0.2) is 6.10 Å². The number of hydrogen-bond acceptors (Lipinski definition) is 3. The van der Waals surface area contributed by atoms with Crippen molar-refractivity contribution in [3.8, 4) is 0 Å². The Bertz CT molecular complexity index is 252. The maximum Gasteiger partial charge on any atom is 0.334 e. The molecule has 2 amide bonds. The fourth-order valence-corrected chi connectivity index (χ4v) is 0.751. The number of hydrogen-bond donors (Lipinski definition) is 3. The van der Waals surface area contributed by atoms with Crippen LogP contribution in [-0.2, 0) is 9.53 Å². The minimum atomic E-state index is -1.11. The number of rotatable bonds is 6. The zero-order valence-electron chi connectivity index (χ0n) is 8.87. The fraction of sp³-hybridized carbons (Fsp3) is 0.556. The van der Waals surface area contributed by atoms with Crippen molar-refractivity contribution in [3.63, 3.8) is 0 Å². The van der Waals surface area contributed by atoms with Crippen LogP contribution in [-0.4, -0.2) is 43.4 Å². The van der Waals surface area contributed by atoms with Crippen LogP contribution >= 0.6 is 0 Å². The largest absolute Gasteiger partial charge is 0.479 e. The third-order valence-electron chi connectivity index (χ3n) is 1.56. The van der Waals surface area contributed by atoms with Gasteiger partial charge in [-0.1, -0.05) is 12.2 Å². The average molecular weight is 216 g/mol. The number of carboxylic acids is 1. The highest BCUT2D eigenvalue weighted by Crippen LogP contribution is 1.87. The first-order chi connectivity index (χ1) is 6.97. The molecular weight excluding hydrogens is 200 g/mol. The van der Waals surface area contributed by atoms with Crippen molar-refractivity contribution < 1.29 is 19.4 Å². The molecule has 0 bridgehead atoms. The van der Waals surface area contributed by atoms with Gasteiger partial charge in [0.1, 0.15) is 0 Å². The van der Waals surface area contributed by atoms with Crippen LogP contribution in [0.25, 0.3) is 0 Å². The molecule has 0 aliphatic heterocycles. The van der Waals surface area contributed by atoms with E-state index in [1.807, 2.05) is 0 Å². The molecule has 0 aliphatic carbocycles. The number of carbonyl (C=O) groups excluding carboxylic acids is 1. The lowest BCUT2D eigenvalue weighted by atomic mass is 10.3. The number of ether oxygens (including phenoxy) is 1. The first-order valence-corrected chi connectivity index (χ1v) is 4.39. The van der Waals surface area contributed by atoms with Gasteiger partial charge in [0.05, 0.1) is 6.54 Å². The summed E-state index contributed by atoms with van der Waals surface area (Å²) < 4.78 is 4.63. The van der Waals surface area contributed by atoms with E-state index in [0.717, 1.165) is 5.57 Å². The van der Waals surface area contributed by atoms with E-state index >= 15 is 0 Å². The summed E-state index contributed by atoms with van der Waals surface area (Å²) in [6.07, 6.45) is -1.03. The molecule has 86 valence electrons. The van der Waals surface area contributed by atoms with Gasteiger partial charge in [-0.3, -0.25) is 0 Å². The van der Waals surface area contributed by atoms with Gasteiger partial charge in [0, 0.05) is 13.7 Å². The monoisotopic (exact) mass is 216 g/mol. The van der Waals surface area contributed by atoms with Crippen molar-refractivity contribution in [2.75, 3.05) is 20.2 Å². The molecule has 1 atom stereocenters. The van der Waals surface area contributed by atoms with Crippen LogP contribution in [0.2, 0.25) is 0 Å². The molecule has 6 nitrogen and oxygen atoms in total. The van der Waals surface area contributed by atoms with Crippen molar-refractivity contribution in [3.05, 3.63) is 12.2 Å². The Morgan fingerprint density at radius 3 is 2.47 bits per heavy atom. The van der Waals surface area contributed by atoms with Crippen molar-refractivity contribution in [1.82, 2.24) is 10.6 Å². The van der Waals surface area contributed by atoms with Gasteiger partial charge in [-0.05, 0) is 6.92 Å². The van der Waals surface area contributed by atoms with Crippen LogP contribution in [0.15, 0.2) is 12.2 Å². The van der Waals surface area contributed by atoms with Crippen molar-refractivity contribution in [2.45, 2.75) is 13.0 Å². The van der Waals surface area contributed by atoms with E-state index in [0.29, 0.717) is 6.54 Å². The number of urea groups is 1. The summed E-state index contributed by atoms with van der Waals surface area (Å²) in [5, 5.41) is 13.5. The molecule has 0 rings (SSSR count). The lowest BCUT2D eigenvalue weighted by Crippen LogP contribution is -2.43. The maximum atomic E-state index is 11.1. The standard InChI is InChI=1S/C9H16N2O4/c1-6(2)4-10-9(14)11-5-7(15-3)8(12)13/h7H,1,4-5H2,2-3H3,(H,12,13)(H2,10,11,14). The quantitative estimate of drug-likeness (QED) is 0.544. The zero-order chi connectivity index (χ0) is 11.8. The van der Waals surface area contributed by atoms with Crippen molar-refractivity contribution in [2.24, 2.45) is 0 Å². The van der Waals surface area contributed by atoms with Gasteiger partial charge in [0.2, 0.25) is 0 Å². The second-order valence-corrected chi connectivity index (χ2v) is 3.08. The minimum absolute atomic E-state index is 0.0755. The molecule has 0 heterocycles. The van der Waals surface area contributed by atoms with E-state index in [-0.39, 0.29) is 6.54 Å². The molecule has 1 unspecified atom stereocenters. The predicted molar refractivity (Wildman–Crippen MR) is 54.6 cm³/mol. The van der Waals surface area contributed by atoms with Crippen LogP contribution in [0.3, 0.4) is 0 Å². The van der Waals surface area contributed by atoms with Gasteiger partial charge < -0.3 is 20.5 Å². The number of carboxylic acid groups (broad SMARTS) is 1. The van der Waals surface area contributed by atoms with Gasteiger partial charge in [0.25, 0.3) is 0 Å². The van der Waals surface area contributed by atoms with Crippen LogP contribution in [0.1, 0.15) is 6.92 Å². The summed E-state index contributed by atoms with van der Waals surface area (Å²) in [6.45, 7) is 5.66. The smallest absolute Gasteiger partial charge is 0.334 e. The molecule has 0 aliphatic rings. The number of amides is 2. The summed E-state index contributed by atoms with van der Waals surface area (Å²) in [7, 11) is 1.27. The Kier molecular flexibility index (Phi) is 6.12. The molecule has 0 radical (unpaired) electrons. The topological polar surface area (TPSA) is 87.7 Å². The average Bonchev–Trinajstić information content (AvgIpc) is 2.15. The number of nitrogens with one attached hydrogen (secondary N) is 2. The van der Waals surface area contributed by atoms with Gasteiger partial charge in [-0.25, -0.2) is 9.59 Å². The second kappa shape index (κ2) is 6.83. The van der Waals surface area contributed by atoms with Crippen LogP contribution in [0.4, 0.5) is 4.79 Å². The van der Waals surface area contributed by atoms with E-state index in [1.165, 1.54) is 7.11 Å². The Morgan fingerprint density at radius 1 is 1.47 bits per heavy atom. The number of carbonyl (C=O) groups is 2. The summed E-state index contributed by atoms with van der Waals surface area (Å²) in [5.74, 6) is -1.11. The second-order valence-electron chi connectivity index (χ2n) is 3.08. The number of aliphatic carboxylic acids is 1. The molecule has 0 spiro atoms. The van der Waals surface area contributed by atoms with E-state index in [9.17, 15) is 9.59 Å². The third-order valence-corrected chi connectivity index (χ3v) is 1.56. The minimum Gasteiger partial charge on any atom is -0.479 e. The zero-order valence-corrected chi connectivity index (χ0v) is 8.87. The highest BCUT2D eigenvalue weighted by molar-refractivity contribution is 5.76. The lowest BCUT2D eigenvalue weighted by Gasteiger charge is -2.12. The van der Waals surface area contributed by atoms with E-state index < -0.39 is 18.1 Å². The first kappa shape index (κ1) is 13.4. The summed E-state index contributed by atoms with van der Waals surface area (Å²) in [6, 6.07) is -0.443. The molecule has 3 N–H and O–H groups in total. The SMILES string of the molecule is C=C(C)CNC(=O)NCC(OC)C(=O)O. The molecule has 0 aromatic rings. The molecule has 15 heavy (non-hydrogen) atoms. The van der Waals surface area contributed by atoms with Crippen LogP contribution < -0.4 is 10.6 Å². The van der Waals surface area contributed by atoms with Gasteiger partial charge in [-0.2, -0.15) is 0 Å². The molecular formula is C9H16N2O4. The third kappa shape index (κ3) is 6.50. The lowest BCUT2D eigenvalue weighted by molar-refractivity contribution is -0.147. The Hall–Kier alpha value is -1.56. The molecule has 0 aromatic carbocycles. The first-order valence-electron chi connectivity index (χ1n) is 4.39. The molecule has 0 saturated carbocycles. The fourth-order valence-electron chi connectivity index (χ4n) is 0.751. The van der Waals surface area contributed by atoms with E-state index in [4.69, 9.17) is 5.11 Å². The highest BCUT2D eigenvalue weighted by Gasteiger charge is 2.16. The summed E-state index contributed by atoms with van der Waals surface area (Å²) in [4.78, 5) is 21.6. The van der Waals surface area contributed by atoms with Gasteiger partial charge in [-0.15, -0.1) is 0 Å². The van der Waals surface area contributed by atoms with Crippen molar-refractivity contribution >= 4 is 12.0 Å². The predicted octanol–water partition coefficient (Wildman–Crippen LogP) is -0.0387. The summed E-state index contributed by atoms with van der Waals surface area (Å²) in [5.41, 5.74) is 0.812. The van der Waals surface area contributed by atoms with Crippen molar-refractivity contribution in [1.29, 1.82) is 0 Å². The number of methoxy groups -OCH3 is 1. The molecule has 6 heteroatoms. The Balaban J connectivity index is 3.78. The summed E-state index contributed by atoms with van der Waals surface area (Å²) >= 11 is 0. The maximum absolute atomic E-state index is 11.1. The molecule has 0 fully saturated rings.